The molecule has 1 aliphatic heterocycles. The van der Waals surface area contributed by atoms with Gasteiger partial charge in [-0.1, -0.05) is 35.4 Å². The molecule has 188 valence electrons. The van der Waals surface area contributed by atoms with Crippen LogP contribution in [0.5, 0.6) is 0 Å². The van der Waals surface area contributed by atoms with Gasteiger partial charge in [-0.05, 0) is 38.1 Å². The predicted molar refractivity (Wildman–Crippen MR) is 124 cm³/mol. The van der Waals surface area contributed by atoms with E-state index in [-0.39, 0.29) is 19.8 Å². The molecule has 1 heterocycles. The standard InChI is InChI=1S/C26H30O9/c1-16-5-9-19(10-6-16)24(28)32-15-21-22(35-25(29)20-11-7-17(2)8-12-20)23(31-14-13-30-4)26(34-21)33-18(3)27/h5-12,21-23,26H,13-15H2,1-4H3/t21-,22-,23-,26?/m1/s1. The second-order valence-corrected chi connectivity index (χ2v) is 8.18. The van der Waals surface area contributed by atoms with Crippen LogP contribution in [0.15, 0.2) is 48.5 Å². The van der Waals surface area contributed by atoms with E-state index in [2.05, 4.69) is 0 Å². The molecule has 0 aliphatic carbocycles. The molecule has 4 atom stereocenters. The molecule has 35 heavy (non-hydrogen) atoms. The van der Waals surface area contributed by atoms with Gasteiger partial charge in [-0.25, -0.2) is 9.59 Å². The van der Waals surface area contributed by atoms with E-state index in [0.29, 0.717) is 11.1 Å². The zero-order chi connectivity index (χ0) is 25.4. The average molecular weight is 487 g/mol. The van der Waals surface area contributed by atoms with E-state index < -0.39 is 42.5 Å². The normalized spacial score (nSPS) is 21.4. The summed E-state index contributed by atoms with van der Waals surface area (Å²) in [6, 6.07) is 13.8. The molecule has 2 aromatic carbocycles. The van der Waals surface area contributed by atoms with Gasteiger partial charge in [0.05, 0.1) is 24.3 Å². The van der Waals surface area contributed by atoms with E-state index >= 15 is 0 Å². The molecule has 1 unspecified atom stereocenters. The Morgan fingerprint density at radius 1 is 0.800 bits per heavy atom. The van der Waals surface area contributed by atoms with Crippen molar-refractivity contribution < 1.29 is 42.8 Å². The Balaban J connectivity index is 1.78. The Hall–Kier alpha value is -3.27. The first-order valence-electron chi connectivity index (χ1n) is 11.2. The lowest BCUT2D eigenvalue weighted by molar-refractivity contribution is -0.193. The van der Waals surface area contributed by atoms with Crippen molar-refractivity contribution in [3.8, 4) is 0 Å². The molecule has 2 aromatic rings. The van der Waals surface area contributed by atoms with Crippen molar-refractivity contribution in [2.24, 2.45) is 0 Å². The Labute approximate surface area is 204 Å². The number of benzene rings is 2. The van der Waals surface area contributed by atoms with Crippen molar-refractivity contribution in [1.82, 2.24) is 0 Å². The van der Waals surface area contributed by atoms with E-state index in [1.807, 2.05) is 13.8 Å². The quantitative estimate of drug-likeness (QED) is 0.285. The highest BCUT2D eigenvalue weighted by Gasteiger charge is 2.50. The lowest BCUT2D eigenvalue weighted by Gasteiger charge is -2.24. The molecule has 0 radical (unpaired) electrons. The van der Waals surface area contributed by atoms with Crippen LogP contribution in [-0.4, -0.2) is 69.4 Å². The van der Waals surface area contributed by atoms with Gasteiger partial charge < -0.3 is 28.4 Å². The Morgan fingerprint density at radius 2 is 1.37 bits per heavy atom. The summed E-state index contributed by atoms with van der Waals surface area (Å²) in [6.45, 7) is 5.19. The van der Waals surface area contributed by atoms with E-state index in [1.165, 1.54) is 14.0 Å². The predicted octanol–water partition coefficient (Wildman–Crippen LogP) is 3.01. The maximum atomic E-state index is 12.9. The van der Waals surface area contributed by atoms with Crippen LogP contribution in [0.25, 0.3) is 0 Å². The van der Waals surface area contributed by atoms with Crippen molar-refractivity contribution >= 4 is 17.9 Å². The maximum absolute atomic E-state index is 12.9. The number of hydrogen-bond donors (Lipinski definition) is 0. The molecule has 0 spiro atoms. The highest BCUT2D eigenvalue weighted by atomic mass is 16.7. The summed E-state index contributed by atoms with van der Waals surface area (Å²) in [6.07, 6.45) is -4.07. The van der Waals surface area contributed by atoms with Crippen LogP contribution in [0.3, 0.4) is 0 Å². The summed E-state index contributed by atoms with van der Waals surface area (Å²) < 4.78 is 33.1. The van der Waals surface area contributed by atoms with Crippen LogP contribution in [0, 0.1) is 13.8 Å². The highest BCUT2D eigenvalue weighted by Crippen LogP contribution is 2.29. The molecule has 0 saturated carbocycles. The van der Waals surface area contributed by atoms with Crippen molar-refractivity contribution in [2.75, 3.05) is 26.9 Å². The molecule has 0 amide bonds. The van der Waals surface area contributed by atoms with Crippen molar-refractivity contribution in [2.45, 2.75) is 45.4 Å². The number of hydrogen-bond acceptors (Lipinski definition) is 9. The van der Waals surface area contributed by atoms with Crippen LogP contribution in [0.2, 0.25) is 0 Å². The maximum Gasteiger partial charge on any atom is 0.338 e. The third kappa shape index (κ3) is 7.35. The van der Waals surface area contributed by atoms with Crippen LogP contribution >= 0.6 is 0 Å². The molecule has 9 nitrogen and oxygen atoms in total. The number of esters is 3. The summed E-state index contributed by atoms with van der Waals surface area (Å²) in [5.74, 6) is -1.78. The van der Waals surface area contributed by atoms with E-state index in [0.717, 1.165) is 11.1 Å². The molecule has 1 fully saturated rings. The zero-order valence-electron chi connectivity index (χ0n) is 20.2. The molecular weight excluding hydrogens is 456 g/mol. The Morgan fingerprint density at radius 3 is 1.91 bits per heavy atom. The van der Waals surface area contributed by atoms with E-state index in [1.54, 1.807) is 48.5 Å². The van der Waals surface area contributed by atoms with Crippen LogP contribution in [-0.2, 0) is 33.2 Å². The average Bonchev–Trinajstić information content (AvgIpc) is 3.13. The first-order valence-corrected chi connectivity index (χ1v) is 11.2. The summed E-state index contributed by atoms with van der Waals surface area (Å²) in [5.41, 5.74) is 2.69. The van der Waals surface area contributed by atoms with Gasteiger partial charge in [0.15, 0.2) is 12.2 Å². The fourth-order valence-corrected chi connectivity index (χ4v) is 3.48. The minimum Gasteiger partial charge on any atom is -0.459 e. The fourth-order valence-electron chi connectivity index (χ4n) is 3.48. The molecule has 3 rings (SSSR count). The highest BCUT2D eigenvalue weighted by molar-refractivity contribution is 5.90. The smallest absolute Gasteiger partial charge is 0.338 e. The second kappa shape index (κ2) is 12.4. The third-order valence-corrected chi connectivity index (χ3v) is 5.34. The molecule has 0 N–H and O–H groups in total. The van der Waals surface area contributed by atoms with E-state index in [4.69, 9.17) is 28.4 Å². The fraction of sp³-hybridized carbons (Fsp3) is 0.423. The number of carbonyl (C=O) groups excluding carboxylic acids is 3. The monoisotopic (exact) mass is 486 g/mol. The number of ether oxygens (including phenoxy) is 6. The van der Waals surface area contributed by atoms with Gasteiger partial charge in [0, 0.05) is 14.0 Å². The van der Waals surface area contributed by atoms with Gasteiger partial charge in [-0.3, -0.25) is 4.79 Å². The third-order valence-electron chi connectivity index (χ3n) is 5.34. The minimum atomic E-state index is -1.16. The lowest BCUT2D eigenvalue weighted by Crippen LogP contribution is -2.42. The second-order valence-electron chi connectivity index (χ2n) is 8.18. The minimum absolute atomic E-state index is 0.136. The topological polar surface area (TPSA) is 107 Å². The summed E-state index contributed by atoms with van der Waals surface area (Å²) in [5, 5.41) is 0. The van der Waals surface area contributed by atoms with Gasteiger partial charge in [-0.2, -0.15) is 0 Å². The van der Waals surface area contributed by atoms with Crippen molar-refractivity contribution in [3.05, 3.63) is 70.8 Å². The molecule has 1 aliphatic rings. The summed E-state index contributed by atoms with van der Waals surface area (Å²) >= 11 is 0. The van der Waals surface area contributed by atoms with Gasteiger partial charge >= 0.3 is 17.9 Å². The number of methoxy groups -OCH3 is 1. The first kappa shape index (κ1) is 26.3. The Kier molecular flexibility index (Phi) is 9.36. The Bertz CT molecular complexity index is 1000. The van der Waals surface area contributed by atoms with Gasteiger partial charge in [0.2, 0.25) is 6.29 Å². The SMILES string of the molecule is COCCO[C@H]1C(OC(C)=O)O[C@H](COC(=O)c2ccc(C)cc2)[C@H]1OC(=O)c1ccc(C)cc1. The van der Waals surface area contributed by atoms with Crippen LogP contribution in [0.1, 0.15) is 38.8 Å². The number of rotatable bonds is 10. The summed E-state index contributed by atoms with van der Waals surface area (Å²) in [4.78, 5) is 37.1. The number of aryl methyl sites for hydroxylation is 2. The molecular formula is C26H30O9. The zero-order valence-corrected chi connectivity index (χ0v) is 20.2. The largest absolute Gasteiger partial charge is 0.459 e. The molecule has 9 heteroatoms. The van der Waals surface area contributed by atoms with Gasteiger partial charge in [0.1, 0.15) is 12.7 Å². The molecule has 1 saturated heterocycles. The summed E-state index contributed by atoms with van der Waals surface area (Å²) in [7, 11) is 1.51. The molecule has 0 bridgehead atoms. The van der Waals surface area contributed by atoms with Crippen LogP contribution in [0.4, 0.5) is 0 Å². The van der Waals surface area contributed by atoms with Crippen LogP contribution < -0.4 is 0 Å². The van der Waals surface area contributed by atoms with Gasteiger partial charge in [0.25, 0.3) is 0 Å². The first-order chi connectivity index (χ1) is 16.8. The number of carbonyl (C=O) groups is 3. The van der Waals surface area contributed by atoms with Crippen molar-refractivity contribution in [1.29, 1.82) is 0 Å². The van der Waals surface area contributed by atoms with E-state index in [9.17, 15) is 14.4 Å². The van der Waals surface area contributed by atoms with Gasteiger partial charge in [-0.15, -0.1) is 0 Å². The van der Waals surface area contributed by atoms with Crippen molar-refractivity contribution in [3.63, 3.8) is 0 Å². The molecule has 0 aromatic heterocycles. The lowest BCUT2D eigenvalue weighted by atomic mass is 10.1.